The van der Waals surface area contributed by atoms with Gasteiger partial charge >= 0.3 is 0 Å². The average molecular weight is 352 g/mol. The van der Waals surface area contributed by atoms with Crippen LogP contribution in [0.2, 0.25) is 0 Å². The monoisotopic (exact) mass is 352 g/mol. The summed E-state index contributed by atoms with van der Waals surface area (Å²) in [5, 5.41) is 5.44. The molecule has 1 heterocycles. The molecule has 0 aliphatic heterocycles. The number of carbonyl (C=O) groups is 2. The largest absolute Gasteiger partial charge is 0.461 e. The SMILES string of the molecule is CC(=O)Nc1ccc(NC(=O)c2cc(-c3ccc(F)cc3)oc2C)cc1. The van der Waals surface area contributed by atoms with E-state index >= 15 is 0 Å². The topological polar surface area (TPSA) is 71.3 Å². The molecule has 0 fully saturated rings. The predicted molar refractivity (Wildman–Crippen MR) is 97.5 cm³/mol. The van der Waals surface area contributed by atoms with E-state index in [-0.39, 0.29) is 17.6 Å². The quantitative estimate of drug-likeness (QED) is 0.720. The third-order valence-electron chi connectivity index (χ3n) is 3.75. The van der Waals surface area contributed by atoms with Crippen molar-refractivity contribution >= 4 is 23.2 Å². The molecule has 5 nitrogen and oxygen atoms in total. The zero-order chi connectivity index (χ0) is 18.7. The average Bonchev–Trinajstić information content (AvgIpc) is 2.99. The van der Waals surface area contributed by atoms with Crippen molar-refractivity contribution in [2.24, 2.45) is 0 Å². The Bertz CT molecular complexity index is 944. The Morgan fingerprint density at radius 3 is 2.08 bits per heavy atom. The highest BCUT2D eigenvalue weighted by atomic mass is 19.1. The van der Waals surface area contributed by atoms with Crippen LogP contribution in [0.1, 0.15) is 23.0 Å². The molecular formula is C20H17FN2O3. The Balaban J connectivity index is 1.75. The maximum absolute atomic E-state index is 13.0. The van der Waals surface area contributed by atoms with E-state index in [2.05, 4.69) is 10.6 Å². The van der Waals surface area contributed by atoms with Crippen LogP contribution in [-0.4, -0.2) is 11.8 Å². The molecule has 0 aliphatic carbocycles. The molecule has 0 saturated carbocycles. The van der Waals surface area contributed by atoms with Gasteiger partial charge in [0.1, 0.15) is 17.3 Å². The van der Waals surface area contributed by atoms with Gasteiger partial charge in [0.15, 0.2) is 0 Å². The number of halogens is 1. The van der Waals surface area contributed by atoms with E-state index in [1.807, 2.05) is 0 Å². The zero-order valence-electron chi connectivity index (χ0n) is 14.3. The summed E-state index contributed by atoms with van der Waals surface area (Å²) < 4.78 is 18.7. The predicted octanol–water partition coefficient (Wildman–Crippen LogP) is 4.60. The number of nitrogens with one attached hydrogen (secondary N) is 2. The number of hydrogen-bond donors (Lipinski definition) is 2. The number of benzene rings is 2. The van der Waals surface area contributed by atoms with Crippen LogP contribution < -0.4 is 10.6 Å². The summed E-state index contributed by atoms with van der Waals surface area (Å²) in [5.74, 6) is 0.152. The van der Waals surface area contributed by atoms with Gasteiger partial charge in [-0.05, 0) is 61.5 Å². The van der Waals surface area contributed by atoms with Crippen molar-refractivity contribution in [3.8, 4) is 11.3 Å². The van der Waals surface area contributed by atoms with Gasteiger partial charge in [0.05, 0.1) is 5.56 Å². The number of amides is 2. The van der Waals surface area contributed by atoms with E-state index in [4.69, 9.17) is 4.42 Å². The van der Waals surface area contributed by atoms with Crippen LogP contribution in [0.3, 0.4) is 0 Å². The minimum Gasteiger partial charge on any atom is -0.461 e. The molecule has 132 valence electrons. The van der Waals surface area contributed by atoms with E-state index in [9.17, 15) is 14.0 Å². The van der Waals surface area contributed by atoms with E-state index in [1.165, 1.54) is 19.1 Å². The first-order valence-electron chi connectivity index (χ1n) is 7.98. The lowest BCUT2D eigenvalue weighted by atomic mass is 10.1. The van der Waals surface area contributed by atoms with Crippen LogP contribution in [0, 0.1) is 12.7 Å². The smallest absolute Gasteiger partial charge is 0.259 e. The van der Waals surface area contributed by atoms with Gasteiger partial charge in [-0.25, -0.2) is 4.39 Å². The lowest BCUT2D eigenvalue weighted by molar-refractivity contribution is -0.114. The third-order valence-corrected chi connectivity index (χ3v) is 3.75. The first-order chi connectivity index (χ1) is 12.4. The van der Waals surface area contributed by atoms with Crippen LogP contribution >= 0.6 is 0 Å². The molecule has 2 amide bonds. The second kappa shape index (κ2) is 7.23. The van der Waals surface area contributed by atoms with Gasteiger partial charge in [0, 0.05) is 23.9 Å². The molecule has 1 aromatic heterocycles. The maximum Gasteiger partial charge on any atom is 0.259 e. The summed E-state index contributed by atoms with van der Waals surface area (Å²) in [4.78, 5) is 23.5. The van der Waals surface area contributed by atoms with Crippen LogP contribution in [-0.2, 0) is 4.79 Å². The summed E-state index contributed by atoms with van der Waals surface area (Å²) >= 11 is 0. The molecule has 2 aromatic carbocycles. The van der Waals surface area contributed by atoms with E-state index in [0.29, 0.717) is 34.0 Å². The van der Waals surface area contributed by atoms with Crippen molar-refractivity contribution in [1.82, 2.24) is 0 Å². The second-order valence-corrected chi connectivity index (χ2v) is 5.80. The highest BCUT2D eigenvalue weighted by molar-refractivity contribution is 6.05. The van der Waals surface area contributed by atoms with Crippen molar-refractivity contribution < 1.29 is 18.4 Å². The fourth-order valence-corrected chi connectivity index (χ4v) is 2.50. The molecule has 0 radical (unpaired) electrons. The highest BCUT2D eigenvalue weighted by Gasteiger charge is 2.16. The molecule has 0 bridgehead atoms. The molecule has 3 rings (SSSR count). The summed E-state index contributed by atoms with van der Waals surface area (Å²) in [7, 11) is 0. The van der Waals surface area contributed by atoms with Crippen LogP contribution in [0.15, 0.2) is 59.0 Å². The number of furan rings is 1. The Hall–Kier alpha value is -3.41. The number of carbonyl (C=O) groups excluding carboxylic acids is 2. The van der Waals surface area contributed by atoms with Crippen LogP contribution in [0.4, 0.5) is 15.8 Å². The van der Waals surface area contributed by atoms with Crippen molar-refractivity contribution in [2.45, 2.75) is 13.8 Å². The van der Waals surface area contributed by atoms with Crippen LogP contribution in [0.25, 0.3) is 11.3 Å². The van der Waals surface area contributed by atoms with Gasteiger partial charge < -0.3 is 15.1 Å². The molecule has 0 unspecified atom stereocenters. The Morgan fingerprint density at radius 1 is 0.923 bits per heavy atom. The maximum atomic E-state index is 13.0. The molecule has 0 spiro atoms. The Kier molecular flexibility index (Phi) is 4.84. The molecule has 0 saturated heterocycles. The van der Waals surface area contributed by atoms with Gasteiger partial charge in [0.2, 0.25) is 5.91 Å². The minimum atomic E-state index is -0.335. The summed E-state index contributed by atoms with van der Waals surface area (Å²) in [5.41, 5.74) is 2.32. The Labute approximate surface area is 149 Å². The molecule has 26 heavy (non-hydrogen) atoms. The second-order valence-electron chi connectivity index (χ2n) is 5.80. The van der Waals surface area contributed by atoms with E-state index in [1.54, 1.807) is 49.4 Å². The van der Waals surface area contributed by atoms with Gasteiger partial charge in [-0.3, -0.25) is 9.59 Å². The summed E-state index contributed by atoms with van der Waals surface area (Å²) in [6.07, 6.45) is 0. The van der Waals surface area contributed by atoms with Gasteiger partial charge in [0.25, 0.3) is 5.91 Å². The standard InChI is InChI=1S/C20H17FN2O3/c1-12-18(11-19(26-12)14-3-5-15(21)6-4-14)20(25)23-17-9-7-16(8-10-17)22-13(2)24/h3-11H,1-2H3,(H,22,24)(H,23,25). The molecule has 6 heteroatoms. The summed E-state index contributed by atoms with van der Waals surface area (Å²) in [6, 6.07) is 14.3. The fourth-order valence-electron chi connectivity index (χ4n) is 2.50. The molecule has 0 aliphatic rings. The van der Waals surface area contributed by atoms with Crippen molar-refractivity contribution in [3.63, 3.8) is 0 Å². The first kappa shape index (κ1) is 17.4. The van der Waals surface area contributed by atoms with Gasteiger partial charge in [-0.15, -0.1) is 0 Å². The lowest BCUT2D eigenvalue weighted by Crippen LogP contribution is -2.12. The zero-order valence-corrected chi connectivity index (χ0v) is 14.3. The highest BCUT2D eigenvalue weighted by Crippen LogP contribution is 2.26. The van der Waals surface area contributed by atoms with Crippen molar-refractivity contribution in [2.75, 3.05) is 10.6 Å². The van der Waals surface area contributed by atoms with Gasteiger partial charge in [-0.1, -0.05) is 0 Å². The lowest BCUT2D eigenvalue weighted by Gasteiger charge is -2.06. The molecule has 0 atom stereocenters. The fraction of sp³-hybridized carbons (Fsp3) is 0.100. The minimum absolute atomic E-state index is 0.163. The molecule has 3 aromatic rings. The Morgan fingerprint density at radius 2 is 1.50 bits per heavy atom. The van der Waals surface area contributed by atoms with Crippen LogP contribution in [0.5, 0.6) is 0 Å². The normalized spacial score (nSPS) is 10.4. The number of hydrogen-bond acceptors (Lipinski definition) is 3. The van der Waals surface area contributed by atoms with E-state index < -0.39 is 0 Å². The van der Waals surface area contributed by atoms with E-state index in [0.717, 1.165) is 0 Å². The molecular weight excluding hydrogens is 335 g/mol. The van der Waals surface area contributed by atoms with Crippen molar-refractivity contribution in [3.05, 3.63) is 71.7 Å². The number of rotatable bonds is 4. The van der Waals surface area contributed by atoms with Gasteiger partial charge in [-0.2, -0.15) is 0 Å². The van der Waals surface area contributed by atoms with Crippen molar-refractivity contribution in [1.29, 1.82) is 0 Å². The summed E-state index contributed by atoms with van der Waals surface area (Å²) in [6.45, 7) is 3.12. The number of anilines is 2. The third kappa shape index (κ3) is 3.97. The first-order valence-corrected chi connectivity index (χ1v) is 7.98. The number of aryl methyl sites for hydroxylation is 1. The molecule has 2 N–H and O–H groups in total.